The van der Waals surface area contributed by atoms with Crippen LogP contribution >= 0.6 is 0 Å². The van der Waals surface area contributed by atoms with E-state index in [0.717, 1.165) is 13.0 Å². The van der Waals surface area contributed by atoms with E-state index in [1.807, 2.05) is 0 Å². The Hall–Kier alpha value is -0.0800. The van der Waals surface area contributed by atoms with Gasteiger partial charge < -0.3 is 10.4 Å². The summed E-state index contributed by atoms with van der Waals surface area (Å²) >= 11 is 0. The molecule has 4 unspecified atom stereocenters. The lowest BCUT2D eigenvalue weighted by atomic mass is 9.98. The third-order valence-corrected chi connectivity index (χ3v) is 3.45. The van der Waals surface area contributed by atoms with Crippen LogP contribution in [0.15, 0.2) is 0 Å². The highest BCUT2D eigenvalue weighted by molar-refractivity contribution is 4.72. The largest absolute Gasteiger partial charge is 0.392 e. The molecule has 2 nitrogen and oxygen atoms in total. The fourth-order valence-corrected chi connectivity index (χ4v) is 1.33. The average Bonchev–Trinajstić information content (AvgIpc) is 2.22. The third-order valence-electron chi connectivity index (χ3n) is 3.45. The van der Waals surface area contributed by atoms with Crippen molar-refractivity contribution < 1.29 is 5.11 Å². The molecule has 0 aliphatic carbocycles. The predicted octanol–water partition coefficient (Wildman–Crippen LogP) is 2.42. The standard InChI is InChI=1S/C12H27NO/c1-6-9(3)11(5)13-8-12(14)10(4)7-2/h9-14H,6-8H2,1-5H3. The average molecular weight is 201 g/mol. The van der Waals surface area contributed by atoms with Gasteiger partial charge in [-0.1, -0.05) is 40.5 Å². The summed E-state index contributed by atoms with van der Waals surface area (Å²) in [6, 6.07) is 0.499. The second kappa shape index (κ2) is 7.24. The first kappa shape index (κ1) is 13.9. The topological polar surface area (TPSA) is 32.3 Å². The molecule has 0 aliphatic heterocycles. The van der Waals surface area contributed by atoms with Gasteiger partial charge in [0.15, 0.2) is 0 Å². The van der Waals surface area contributed by atoms with E-state index in [-0.39, 0.29) is 6.10 Å². The van der Waals surface area contributed by atoms with E-state index in [1.165, 1.54) is 6.42 Å². The van der Waals surface area contributed by atoms with Crippen molar-refractivity contribution in [1.29, 1.82) is 0 Å². The van der Waals surface area contributed by atoms with Crippen molar-refractivity contribution in [2.24, 2.45) is 11.8 Å². The second-order valence-electron chi connectivity index (χ2n) is 4.54. The predicted molar refractivity (Wildman–Crippen MR) is 62.4 cm³/mol. The molecule has 0 saturated heterocycles. The SMILES string of the molecule is CCC(C)C(O)CNC(C)C(C)CC. The summed E-state index contributed by atoms with van der Waals surface area (Å²) in [6.07, 6.45) is 2.03. The number of rotatable bonds is 7. The van der Waals surface area contributed by atoms with E-state index in [2.05, 4.69) is 39.9 Å². The summed E-state index contributed by atoms with van der Waals surface area (Å²) in [5.74, 6) is 1.07. The third kappa shape index (κ3) is 4.97. The molecule has 4 atom stereocenters. The Kier molecular flexibility index (Phi) is 7.20. The van der Waals surface area contributed by atoms with E-state index >= 15 is 0 Å². The molecule has 0 aromatic carbocycles. The van der Waals surface area contributed by atoms with Gasteiger partial charge in [0.2, 0.25) is 0 Å². The number of aliphatic hydroxyl groups excluding tert-OH is 1. The van der Waals surface area contributed by atoms with Crippen LogP contribution < -0.4 is 5.32 Å². The van der Waals surface area contributed by atoms with E-state index in [1.54, 1.807) is 0 Å². The first-order valence-corrected chi connectivity index (χ1v) is 5.94. The van der Waals surface area contributed by atoms with Crippen LogP contribution in [0.25, 0.3) is 0 Å². The molecular weight excluding hydrogens is 174 g/mol. The zero-order valence-corrected chi connectivity index (χ0v) is 10.4. The zero-order valence-electron chi connectivity index (χ0n) is 10.4. The smallest absolute Gasteiger partial charge is 0.0690 e. The molecule has 0 amide bonds. The van der Waals surface area contributed by atoms with Crippen molar-refractivity contribution in [2.45, 2.75) is 59.6 Å². The normalized spacial score (nSPS) is 20.1. The van der Waals surface area contributed by atoms with Crippen LogP contribution in [-0.4, -0.2) is 23.8 Å². The lowest BCUT2D eigenvalue weighted by Crippen LogP contribution is -2.39. The Morgan fingerprint density at radius 3 is 1.93 bits per heavy atom. The summed E-state index contributed by atoms with van der Waals surface area (Å²) < 4.78 is 0. The maximum Gasteiger partial charge on any atom is 0.0690 e. The molecular formula is C12H27NO. The molecule has 0 heterocycles. The summed E-state index contributed by atoms with van der Waals surface area (Å²) in [5, 5.41) is 13.2. The Balaban J connectivity index is 3.70. The van der Waals surface area contributed by atoms with Crippen LogP contribution in [-0.2, 0) is 0 Å². The molecule has 0 bridgehead atoms. The zero-order chi connectivity index (χ0) is 11.1. The van der Waals surface area contributed by atoms with Crippen LogP contribution in [0.4, 0.5) is 0 Å². The van der Waals surface area contributed by atoms with Gasteiger partial charge in [-0.3, -0.25) is 0 Å². The van der Waals surface area contributed by atoms with Gasteiger partial charge in [-0.2, -0.15) is 0 Å². The van der Waals surface area contributed by atoms with Gasteiger partial charge in [0.1, 0.15) is 0 Å². The minimum atomic E-state index is -0.202. The molecule has 0 aromatic rings. The molecule has 2 heteroatoms. The fourth-order valence-electron chi connectivity index (χ4n) is 1.33. The Morgan fingerprint density at radius 2 is 1.50 bits per heavy atom. The van der Waals surface area contributed by atoms with E-state index in [0.29, 0.717) is 17.9 Å². The van der Waals surface area contributed by atoms with Crippen LogP contribution in [0.2, 0.25) is 0 Å². The van der Waals surface area contributed by atoms with Crippen LogP contribution in [0.3, 0.4) is 0 Å². The molecule has 0 radical (unpaired) electrons. The first-order valence-electron chi connectivity index (χ1n) is 5.94. The number of nitrogens with one attached hydrogen (secondary N) is 1. The van der Waals surface area contributed by atoms with Crippen LogP contribution in [0, 0.1) is 11.8 Å². The maximum absolute atomic E-state index is 9.76. The molecule has 86 valence electrons. The van der Waals surface area contributed by atoms with E-state index in [4.69, 9.17) is 0 Å². The van der Waals surface area contributed by atoms with Crippen molar-refractivity contribution in [3.05, 3.63) is 0 Å². The summed E-state index contributed by atoms with van der Waals surface area (Å²) in [7, 11) is 0. The molecule has 2 N–H and O–H groups in total. The van der Waals surface area contributed by atoms with Crippen LogP contribution in [0.5, 0.6) is 0 Å². The number of hydrogen-bond donors (Lipinski definition) is 2. The van der Waals surface area contributed by atoms with Crippen LogP contribution in [0.1, 0.15) is 47.5 Å². The molecule has 0 fully saturated rings. The molecule has 14 heavy (non-hydrogen) atoms. The lowest BCUT2D eigenvalue weighted by molar-refractivity contribution is 0.107. The molecule has 0 aromatic heterocycles. The minimum absolute atomic E-state index is 0.202. The molecule has 0 spiro atoms. The lowest BCUT2D eigenvalue weighted by Gasteiger charge is -2.24. The van der Waals surface area contributed by atoms with E-state index in [9.17, 15) is 5.11 Å². The highest BCUT2D eigenvalue weighted by Crippen LogP contribution is 2.09. The second-order valence-corrected chi connectivity index (χ2v) is 4.54. The minimum Gasteiger partial charge on any atom is -0.392 e. The molecule has 0 saturated carbocycles. The summed E-state index contributed by atoms with van der Waals surface area (Å²) in [6.45, 7) is 11.6. The van der Waals surface area contributed by atoms with Crippen molar-refractivity contribution in [3.63, 3.8) is 0 Å². The van der Waals surface area contributed by atoms with Gasteiger partial charge >= 0.3 is 0 Å². The van der Waals surface area contributed by atoms with Crippen molar-refractivity contribution >= 4 is 0 Å². The van der Waals surface area contributed by atoms with Gasteiger partial charge in [-0.15, -0.1) is 0 Å². The van der Waals surface area contributed by atoms with Crippen molar-refractivity contribution in [2.75, 3.05) is 6.54 Å². The molecule has 0 aliphatic rings. The highest BCUT2D eigenvalue weighted by atomic mass is 16.3. The summed E-state index contributed by atoms with van der Waals surface area (Å²) in [4.78, 5) is 0. The van der Waals surface area contributed by atoms with Gasteiger partial charge in [-0.25, -0.2) is 0 Å². The maximum atomic E-state index is 9.76. The number of hydrogen-bond acceptors (Lipinski definition) is 2. The quantitative estimate of drug-likeness (QED) is 0.663. The fraction of sp³-hybridized carbons (Fsp3) is 1.00. The van der Waals surface area contributed by atoms with E-state index < -0.39 is 0 Å². The highest BCUT2D eigenvalue weighted by Gasteiger charge is 2.15. The van der Waals surface area contributed by atoms with Gasteiger partial charge in [0, 0.05) is 12.6 Å². The Morgan fingerprint density at radius 1 is 1.00 bits per heavy atom. The Bertz CT molecular complexity index is 122. The van der Waals surface area contributed by atoms with Crippen molar-refractivity contribution in [1.82, 2.24) is 5.32 Å². The summed E-state index contributed by atoms with van der Waals surface area (Å²) in [5.41, 5.74) is 0. The van der Waals surface area contributed by atoms with Gasteiger partial charge in [0.25, 0.3) is 0 Å². The first-order chi connectivity index (χ1) is 6.52. The Labute approximate surface area is 89.1 Å². The molecule has 0 rings (SSSR count). The van der Waals surface area contributed by atoms with Gasteiger partial charge in [0.05, 0.1) is 6.10 Å². The van der Waals surface area contributed by atoms with Crippen molar-refractivity contribution in [3.8, 4) is 0 Å². The number of aliphatic hydroxyl groups is 1. The van der Waals surface area contributed by atoms with Gasteiger partial charge in [-0.05, 0) is 18.8 Å². The monoisotopic (exact) mass is 201 g/mol.